The molecule has 0 atom stereocenters. The normalized spacial score (nSPS) is 11.7. The minimum Gasteiger partial charge on any atom is -0.261 e. The van der Waals surface area contributed by atoms with E-state index in [1.54, 1.807) is 18.3 Å². The van der Waals surface area contributed by atoms with E-state index in [2.05, 4.69) is 25.8 Å². The fourth-order valence-electron chi connectivity index (χ4n) is 2.76. The highest BCUT2D eigenvalue weighted by molar-refractivity contribution is 5.25. The SMILES string of the molecule is CC(C)(C)c1cc(F)cc(F)c1.CC(C)(C)c1cccc(F)c1.CC(C)(C)c1cncc(F)c1. The minimum atomic E-state index is -0.514. The van der Waals surface area contributed by atoms with Crippen LogP contribution in [-0.4, -0.2) is 4.98 Å². The molecule has 0 spiro atoms. The monoisotopic (exact) mass is 475 g/mol. The molecule has 1 nitrogen and oxygen atoms in total. The molecule has 2 aromatic carbocycles. The van der Waals surface area contributed by atoms with Gasteiger partial charge in [-0.1, -0.05) is 74.4 Å². The van der Waals surface area contributed by atoms with Crippen molar-refractivity contribution >= 4 is 0 Å². The Labute approximate surface area is 202 Å². The largest absolute Gasteiger partial charge is 0.261 e. The van der Waals surface area contributed by atoms with Crippen LogP contribution in [0.5, 0.6) is 0 Å². The van der Waals surface area contributed by atoms with Crippen LogP contribution < -0.4 is 0 Å². The Morgan fingerprint density at radius 3 is 1.26 bits per heavy atom. The molecule has 0 radical (unpaired) electrons. The number of hydrogen-bond acceptors (Lipinski definition) is 1. The van der Waals surface area contributed by atoms with Gasteiger partial charge in [-0.15, -0.1) is 0 Å². The first-order valence-electron chi connectivity index (χ1n) is 11.2. The lowest BCUT2D eigenvalue weighted by molar-refractivity contribution is 0.545. The van der Waals surface area contributed by atoms with Gasteiger partial charge in [-0.2, -0.15) is 0 Å². The van der Waals surface area contributed by atoms with Gasteiger partial charge in [-0.3, -0.25) is 4.98 Å². The first-order chi connectivity index (χ1) is 15.4. The average Bonchev–Trinajstić information content (AvgIpc) is 2.66. The van der Waals surface area contributed by atoms with Crippen molar-refractivity contribution in [2.45, 2.75) is 78.6 Å². The Kier molecular flexibility index (Phi) is 10.0. The zero-order valence-electron chi connectivity index (χ0n) is 21.7. The molecular weight excluding hydrogens is 438 g/mol. The van der Waals surface area contributed by atoms with Crippen LogP contribution in [0.4, 0.5) is 17.6 Å². The lowest BCUT2D eigenvalue weighted by atomic mass is 9.87. The molecule has 0 unspecified atom stereocenters. The molecule has 0 N–H and O–H groups in total. The second-order valence-corrected chi connectivity index (χ2v) is 11.3. The minimum absolute atomic E-state index is 0.0188. The lowest BCUT2D eigenvalue weighted by Crippen LogP contribution is -2.11. The van der Waals surface area contributed by atoms with Gasteiger partial charge < -0.3 is 0 Å². The third-order valence-corrected chi connectivity index (χ3v) is 4.99. The van der Waals surface area contributed by atoms with Crippen molar-refractivity contribution in [2.24, 2.45) is 0 Å². The molecule has 0 aliphatic carbocycles. The Morgan fingerprint density at radius 1 is 0.471 bits per heavy atom. The van der Waals surface area contributed by atoms with E-state index in [1.807, 2.05) is 47.6 Å². The van der Waals surface area contributed by atoms with Crippen molar-refractivity contribution in [1.29, 1.82) is 0 Å². The highest BCUT2D eigenvalue weighted by Crippen LogP contribution is 2.24. The first-order valence-corrected chi connectivity index (χ1v) is 11.2. The smallest absolute Gasteiger partial charge is 0.141 e. The average molecular weight is 476 g/mol. The van der Waals surface area contributed by atoms with Crippen molar-refractivity contribution in [3.8, 4) is 0 Å². The number of nitrogens with zero attached hydrogens (tertiary/aromatic N) is 1. The Balaban J connectivity index is 0.000000255. The summed E-state index contributed by atoms with van der Waals surface area (Å²) in [7, 11) is 0. The summed E-state index contributed by atoms with van der Waals surface area (Å²) >= 11 is 0. The molecule has 0 amide bonds. The van der Waals surface area contributed by atoms with Gasteiger partial charge in [0.25, 0.3) is 0 Å². The predicted octanol–water partition coefficient (Wildman–Crippen LogP) is 8.90. The molecule has 1 heterocycles. The van der Waals surface area contributed by atoms with E-state index >= 15 is 0 Å². The first kappa shape index (κ1) is 29.3. The molecule has 3 aromatic rings. The van der Waals surface area contributed by atoms with E-state index in [0.717, 1.165) is 17.2 Å². The maximum Gasteiger partial charge on any atom is 0.141 e. The van der Waals surface area contributed by atoms with Gasteiger partial charge in [0.1, 0.15) is 23.3 Å². The Bertz CT molecular complexity index is 979. The summed E-state index contributed by atoms with van der Waals surface area (Å²) in [6, 6.07) is 11.9. The predicted molar refractivity (Wildman–Crippen MR) is 133 cm³/mol. The molecule has 0 saturated heterocycles. The molecule has 0 aliphatic rings. The molecule has 1 aromatic heterocycles. The molecular formula is C29H37F4N. The van der Waals surface area contributed by atoms with Crippen molar-refractivity contribution in [2.75, 3.05) is 0 Å². The summed E-state index contributed by atoms with van der Waals surface area (Å²) in [6.07, 6.45) is 2.92. The van der Waals surface area contributed by atoms with Gasteiger partial charge in [-0.25, -0.2) is 17.6 Å². The zero-order valence-corrected chi connectivity index (χ0v) is 21.7. The van der Waals surface area contributed by atoms with Gasteiger partial charge in [0.05, 0.1) is 6.20 Å². The molecule has 34 heavy (non-hydrogen) atoms. The van der Waals surface area contributed by atoms with Crippen LogP contribution in [0.3, 0.4) is 0 Å². The van der Waals surface area contributed by atoms with E-state index in [4.69, 9.17) is 0 Å². The maximum absolute atomic E-state index is 12.7. The maximum atomic E-state index is 12.7. The van der Waals surface area contributed by atoms with Crippen molar-refractivity contribution in [3.63, 3.8) is 0 Å². The van der Waals surface area contributed by atoms with Crippen LogP contribution in [0.25, 0.3) is 0 Å². The lowest BCUT2D eigenvalue weighted by Gasteiger charge is -2.18. The molecule has 0 saturated carbocycles. The van der Waals surface area contributed by atoms with Crippen LogP contribution >= 0.6 is 0 Å². The van der Waals surface area contributed by atoms with Gasteiger partial charge in [-0.05, 0) is 63.3 Å². The summed E-state index contributed by atoms with van der Waals surface area (Å²) < 4.78 is 50.8. The molecule has 0 fully saturated rings. The van der Waals surface area contributed by atoms with Gasteiger partial charge in [0.2, 0.25) is 0 Å². The molecule has 186 valence electrons. The van der Waals surface area contributed by atoms with E-state index in [9.17, 15) is 17.6 Å². The van der Waals surface area contributed by atoms with Crippen LogP contribution in [0.2, 0.25) is 0 Å². The number of pyridine rings is 1. The summed E-state index contributed by atoms with van der Waals surface area (Å²) in [6.45, 7) is 18.1. The van der Waals surface area contributed by atoms with Crippen LogP contribution in [0, 0.1) is 23.3 Å². The third kappa shape index (κ3) is 10.5. The highest BCUT2D eigenvalue weighted by atomic mass is 19.1. The highest BCUT2D eigenvalue weighted by Gasteiger charge is 2.16. The number of halogens is 4. The second kappa shape index (κ2) is 11.6. The van der Waals surface area contributed by atoms with E-state index in [0.29, 0.717) is 5.56 Å². The summed E-state index contributed by atoms with van der Waals surface area (Å²) in [4.78, 5) is 3.78. The fourth-order valence-corrected chi connectivity index (χ4v) is 2.76. The topological polar surface area (TPSA) is 12.9 Å². The quantitative estimate of drug-likeness (QED) is 0.296. The molecule has 0 aliphatic heterocycles. The summed E-state index contributed by atoms with van der Waals surface area (Å²) in [5.74, 6) is -1.45. The Hall–Kier alpha value is -2.69. The molecule has 0 bridgehead atoms. The number of rotatable bonds is 0. The van der Waals surface area contributed by atoms with Crippen LogP contribution in [-0.2, 0) is 16.2 Å². The zero-order chi connectivity index (χ0) is 26.3. The van der Waals surface area contributed by atoms with E-state index in [1.165, 1.54) is 30.5 Å². The Morgan fingerprint density at radius 2 is 0.912 bits per heavy atom. The number of hydrogen-bond donors (Lipinski definition) is 0. The van der Waals surface area contributed by atoms with E-state index < -0.39 is 11.6 Å². The van der Waals surface area contributed by atoms with E-state index in [-0.39, 0.29) is 27.9 Å². The number of benzene rings is 2. The standard InChI is InChI=1S/C10H12F2.C10H13F.C9H12FN/c1-10(2,3)7-4-8(11)6-9(12)5-7;1-10(2,3)8-5-4-6-9(11)7-8;1-9(2,3)7-4-8(10)6-11-5-7/h4-6H,1-3H3;4-7H,1-3H3;4-6H,1-3H3. The third-order valence-electron chi connectivity index (χ3n) is 4.99. The van der Waals surface area contributed by atoms with Crippen LogP contribution in [0.1, 0.15) is 79.0 Å². The van der Waals surface area contributed by atoms with Gasteiger partial charge >= 0.3 is 0 Å². The van der Waals surface area contributed by atoms with Crippen molar-refractivity contribution in [1.82, 2.24) is 4.98 Å². The second-order valence-electron chi connectivity index (χ2n) is 11.3. The molecule has 5 heteroatoms. The summed E-state index contributed by atoms with van der Waals surface area (Å²) in [5, 5.41) is 0. The summed E-state index contributed by atoms with van der Waals surface area (Å²) in [5.41, 5.74) is 2.47. The van der Waals surface area contributed by atoms with Gasteiger partial charge in [0.15, 0.2) is 0 Å². The fraction of sp³-hybridized carbons (Fsp3) is 0.414. The number of aromatic nitrogens is 1. The van der Waals surface area contributed by atoms with Gasteiger partial charge in [0, 0.05) is 12.3 Å². The van der Waals surface area contributed by atoms with Crippen LogP contribution in [0.15, 0.2) is 60.9 Å². The van der Waals surface area contributed by atoms with Crippen molar-refractivity contribution in [3.05, 3.63) is 101 Å². The van der Waals surface area contributed by atoms with Crippen molar-refractivity contribution < 1.29 is 17.6 Å². The molecule has 3 rings (SSSR count).